The number of halogens is 3. The van der Waals surface area contributed by atoms with Crippen molar-refractivity contribution >= 4 is 52.5 Å². The second-order valence-electron chi connectivity index (χ2n) is 6.13. The highest BCUT2D eigenvalue weighted by Gasteiger charge is 2.35. The topological polar surface area (TPSA) is 45.5 Å². The lowest BCUT2D eigenvalue weighted by Crippen LogP contribution is -2.57. The fourth-order valence-corrected chi connectivity index (χ4v) is 4.10. The smallest absolute Gasteiger partial charge is 0.287 e. The Kier molecular flexibility index (Phi) is 4.79. The van der Waals surface area contributed by atoms with Crippen LogP contribution in [0.4, 0.5) is 0 Å². The Morgan fingerprint density at radius 1 is 1.22 bits per heavy atom. The summed E-state index contributed by atoms with van der Waals surface area (Å²) in [6, 6.07) is 5.27. The van der Waals surface area contributed by atoms with Gasteiger partial charge in [-0.3, -0.25) is 4.79 Å². The highest BCUT2D eigenvalue weighted by molar-refractivity contribution is 6.38. The molecule has 0 aliphatic carbocycles. The Bertz CT molecular complexity index is 738. The molecule has 3 saturated heterocycles. The van der Waals surface area contributed by atoms with Crippen LogP contribution in [0.2, 0.25) is 10.0 Å². The maximum Gasteiger partial charge on any atom is 0.287 e. The molecule has 1 N–H and O–H groups in total. The summed E-state index contributed by atoms with van der Waals surface area (Å²) in [6.07, 6.45) is 2.32. The van der Waals surface area contributed by atoms with Crippen LogP contribution >= 0.6 is 35.6 Å². The van der Waals surface area contributed by atoms with Gasteiger partial charge in [0, 0.05) is 23.0 Å². The summed E-state index contributed by atoms with van der Waals surface area (Å²) < 4.78 is 5.62. The summed E-state index contributed by atoms with van der Waals surface area (Å²) in [4.78, 5) is 14.9. The van der Waals surface area contributed by atoms with E-state index in [1.807, 2.05) is 0 Å². The summed E-state index contributed by atoms with van der Waals surface area (Å²) in [7, 11) is 0. The van der Waals surface area contributed by atoms with Crippen molar-refractivity contribution in [2.24, 2.45) is 5.92 Å². The van der Waals surface area contributed by atoms with Crippen LogP contribution in [-0.4, -0.2) is 36.5 Å². The van der Waals surface area contributed by atoms with E-state index in [1.54, 1.807) is 18.2 Å². The summed E-state index contributed by atoms with van der Waals surface area (Å²) in [6.45, 7) is 3.23. The minimum absolute atomic E-state index is 0. The van der Waals surface area contributed by atoms with Crippen molar-refractivity contribution in [3.05, 3.63) is 34.0 Å². The van der Waals surface area contributed by atoms with Gasteiger partial charge in [-0.05, 0) is 50.0 Å². The Balaban J connectivity index is 0.00000156. The van der Waals surface area contributed by atoms with Crippen molar-refractivity contribution < 1.29 is 9.21 Å². The largest absolute Gasteiger partial charge is 0.449 e. The predicted octanol–water partition coefficient (Wildman–Crippen LogP) is 3.99. The van der Waals surface area contributed by atoms with E-state index in [2.05, 4.69) is 10.2 Å². The van der Waals surface area contributed by atoms with Crippen LogP contribution in [0.1, 0.15) is 23.4 Å². The number of carbonyl (C=O) groups is 1. The van der Waals surface area contributed by atoms with Crippen LogP contribution in [0.5, 0.6) is 0 Å². The summed E-state index contributed by atoms with van der Waals surface area (Å²) in [5.74, 6) is 0.689. The first-order chi connectivity index (χ1) is 10.6. The molecule has 1 amide bonds. The summed E-state index contributed by atoms with van der Waals surface area (Å²) in [5, 5.41) is 4.81. The molecule has 3 aliphatic rings. The van der Waals surface area contributed by atoms with Gasteiger partial charge in [-0.1, -0.05) is 23.2 Å². The third kappa shape index (κ3) is 3.18. The van der Waals surface area contributed by atoms with E-state index in [0.717, 1.165) is 37.9 Å². The second-order valence-corrected chi connectivity index (χ2v) is 6.98. The number of amides is 1. The Morgan fingerprint density at radius 3 is 2.61 bits per heavy atom. The van der Waals surface area contributed by atoms with Gasteiger partial charge in [-0.25, -0.2) is 0 Å². The van der Waals surface area contributed by atoms with Gasteiger partial charge in [0.05, 0.1) is 5.02 Å². The number of hydrogen-bond donors (Lipinski definition) is 1. The SMILES string of the molecule is Cl.O=C(N[C@H]1CN2CCC1CC2)c1cc2cc(Cl)cc(Cl)c2o1. The zero-order valence-corrected chi connectivity index (χ0v) is 14.7. The molecule has 0 unspecified atom stereocenters. The lowest BCUT2D eigenvalue weighted by atomic mass is 9.84. The number of carbonyl (C=O) groups excluding carboxylic acids is 1. The standard InChI is InChI=1S/C16H16Cl2N2O2.ClH/c17-11-5-10-6-14(22-15(10)12(18)7-11)16(21)19-13-8-20-3-1-9(13)2-4-20;/h5-7,9,13H,1-4,8H2,(H,19,21);1H/t13-;/m0./s1. The maximum absolute atomic E-state index is 12.5. The Morgan fingerprint density at radius 2 is 1.96 bits per heavy atom. The molecule has 1 atom stereocenters. The Labute approximate surface area is 150 Å². The first kappa shape index (κ1) is 16.9. The fraction of sp³-hybridized carbons (Fsp3) is 0.438. The molecule has 0 saturated carbocycles. The van der Waals surface area contributed by atoms with Crippen molar-refractivity contribution in [3.63, 3.8) is 0 Å². The molecule has 0 spiro atoms. The van der Waals surface area contributed by atoms with Crippen molar-refractivity contribution in [2.75, 3.05) is 19.6 Å². The van der Waals surface area contributed by atoms with Crippen LogP contribution in [0, 0.1) is 5.92 Å². The number of fused-ring (bicyclic) bond motifs is 4. The van der Waals surface area contributed by atoms with Crippen LogP contribution < -0.4 is 5.32 Å². The zero-order valence-electron chi connectivity index (χ0n) is 12.4. The first-order valence-electron chi connectivity index (χ1n) is 7.52. The molecular formula is C16H17Cl3N2O2. The molecule has 124 valence electrons. The normalized spacial score (nSPS) is 26.1. The lowest BCUT2D eigenvalue weighted by molar-refractivity contribution is 0.0607. The van der Waals surface area contributed by atoms with E-state index in [0.29, 0.717) is 21.5 Å². The molecule has 7 heteroatoms. The zero-order chi connectivity index (χ0) is 15.3. The number of piperidine rings is 3. The van der Waals surface area contributed by atoms with Gasteiger partial charge < -0.3 is 14.6 Å². The van der Waals surface area contributed by atoms with Crippen molar-refractivity contribution in [1.82, 2.24) is 10.2 Å². The lowest BCUT2D eigenvalue weighted by Gasteiger charge is -2.44. The molecule has 2 bridgehead atoms. The third-order valence-corrected chi connectivity index (χ3v) is 5.23. The molecular weight excluding hydrogens is 359 g/mol. The molecule has 4 nitrogen and oxygen atoms in total. The second kappa shape index (κ2) is 6.52. The van der Waals surface area contributed by atoms with Gasteiger partial charge in [0.25, 0.3) is 5.91 Å². The molecule has 0 radical (unpaired) electrons. The summed E-state index contributed by atoms with van der Waals surface area (Å²) in [5.41, 5.74) is 0.505. The monoisotopic (exact) mass is 374 g/mol. The molecule has 23 heavy (non-hydrogen) atoms. The van der Waals surface area contributed by atoms with E-state index in [1.165, 1.54) is 0 Å². The van der Waals surface area contributed by atoms with Gasteiger partial charge in [-0.2, -0.15) is 0 Å². The molecule has 2 aromatic rings. The average molecular weight is 376 g/mol. The van der Waals surface area contributed by atoms with Crippen LogP contribution in [0.25, 0.3) is 11.0 Å². The molecule has 1 aromatic carbocycles. The van der Waals surface area contributed by atoms with E-state index in [9.17, 15) is 4.79 Å². The van der Waals surface area contributed by atoms with E-state index < -0.39 is 0 Å². The number of benzene rings is 1. The first-order valence-corrected chi connectivity index (χ1v) is 8.27. The number of nitrogens with zero attached hydrogens (tertiary/aromatic N) is 1. The number of hydrogen-bond acceptors (Lipinski definition) is 3. The maximum atomic E-state index is 12.5. The van der Waals surface area contributed by atoms with Gasteiger partial charge >= 0.3 is 0 Å². The van der Waals surface area contributed by atoms with Crippen molar-refractivity contribution in [3.8, 4) is 0 Å². The van der Waals surface area contributed by atoms with Gasteiger partial charge in [0.15, 0.2) is 11.3 Å². The molecule has 5 rings (SSSR count). The molecule has 3 fully saturated rings. The minimum atomic E-state index is -0.179. The quantitative estimate of drug-likeness (QED) is 0.863. The predicted molar refractivity (Wildman–Crippen MR) is 93.9 cm³/mol. The van der Waals surface area contributed by atoms with Crippen LogP contribution in [0.15, 0.2) is 22.6 Å². The number of furan rings is 1. The average Bonchev–Trinajstić information content (AvgIpc) is 2.93. The Hall–Kier alpha value is -0.940. The number of rotatable bonds is 2. The minimum Gasteiger partial charge on any atom is -0.449 e. The molecule has 3 aliphatic heterocycles. The highest BCUT2D eigenvalue weighted by atomic mass is 35.5. The fourth-order valence-electron chi connectivity index (χ4n) is 3.56. The highest BCUT2D eigenvalue weighted by Crippen LogP contribution is 2.31. The van der Waals surface area contributed by atoms with Crippen LogP contribution in [-0.2, 0) is 0 Å². The van der Waals surface area contributed by atoms with E-state index >= 15 is 0 Å². The van der Waals surface area contributed by atoms with Gasteiger partial charge in [-0.15, -0.1) is 12.4 Å². The van der Waals surface area contributed by atoms with E-state index in [4.69, 9.17) is 27.6 Å². The molecule has 1 aromatic heterocycles. The van der Waals surface area contributed by atoms with Crippen molar-refractivity contribution in [2.45, 2.75) is 18.9 Å². The van der Waals surface area contributed by atoms with Gasteiger partial charge in [0.2, 0.25) is 0 Å². The van der Waals surface area contributed by atoms with Crippen molar-refractivity contribution in [1.29, 1.82) is 0 Å². The van der Waals surface area contributed by atoms with E-state index in [-0.39, 0.29) is 30.1 Å². The van der Waals surface area contributed by atoms with Crippen LogP contribution in [0.3, 0.4) is 0 Å². The summed E-state index contributed by atoms with van der Waals surface area (Å²) >= 11 is 12.1. The van der Waals surface area contributed by atoms with Gasteiger partial charge in [0.1, 0.15) is 0 Å². The third-order valence-electron chi connectivity index (χ3n) is 4.73. The molecule has 4 heterocycles. The number of nitrogens with one attached hydrogen (secondary N) is 1.